The summed E-state index contributed by atoms with van der Waals surface area (Å²) in [6.07, 6.45) is -4.66. The van der Waals surface area contributed by atoms with Crippen LogP contribution in [0.3, 0.4) is 0 Å². The lowest BCUT2D eigenvalue weighted by Gasteiger charge is -2.08. The second-order valence-electron chi connectivity index (χ2n) is 5.59. The maximum absolute atomic E-state index is 12.9. The van der Waals surface area contributed by atoms with Gasteiger partial charge in [0.1, 0.15) is 5.69 Å². The van der Waals surface area contributed by atoms with Crippen molar-refractivity contribution in [2.75, 3.05) is 6.61 Å². The molecule has 0 aliphatic carbocycles. The Labute approximate surface area is 172 Å². The predicted molar refractivity (Wildman–Crippen MR) is 100 cm³/mol. The molecule has 30 heavy (non-hydrogen) atoms. The van der Waals surface area contributed by atoms with E-state index in [0.717, 1.165) is 36.4 Å². The maximum atomic E-state index is 12.9. The van der Waals surface area contributed by atoms with Crippen molar-refractivity contribution in [2.45, 2.75) is 13.1 Å². The van der Waals surface area contributed by atoms with E-state index >= 15 is 0 Å². The third-order valence-electron chi connectivity index (χ3n) is 3.58. The number of carbonyl (C=O) groups excluding carboxylic acids is 1. The van der Waals surface area contributed by atoms with E-state index in [4.69, 9.17) is 16.3 Å². The van der Waals surface area contributed by atoms with Crippen molar-refractivity contribution in [3.05, 3.63) is 74.4 Å². The molecule has 0 bridgehead atoms. The zero-order valence-electron chi connectivity index (χ0n) is 15.2. The van der Waals surface area contributed by atoms with Crippen molar-refractivity contribution in [1.29, 1.82) is 0 Å². The molecule has 0 saturated heterocycles. The number of benzene rings is 2. The third-order valence-corrected chi connectivity index (χ3v) is 3.90. The molecule has 158 valence electrons. The summed E-state index contributed by atoms with van der Waals surface area (Å²) in [7, 11) is 0. The van der Waals surface area contributed by atoms with Crippen LogP contribution in [0.2, 0.25) is 5.02 Å². The summed E-state index contributed by atoms with van der Waals surface area (Å²) in [5.41, 5.74) is -2.45. The van der Waals surface area contributed by atoms with Crippen molar-refractivity contribution in [3.8, 4) is 0 Å². The maximum Gasteiger partial charge on any atom is 0.416 e. The molecule has 0 radical (unpaired) electrons. The number of non-ortho nitro benzene ring substituents is 1. The van der Waals surface area contributed by atoms with E-state index in [1.54, 1.807) is 0 Å². The highest BCUT2D eigenvalue weighted by Gasteiger charge is 2.31. The molecule has 0 unspecified atom stereocenters. The number of nitro groups is 1. The van der Waals surface area contributed by atoms with Crippen LogP contribution in [0.5, 0.6) is 0 Å². The number of nitrogens with zero attached hydrogens (tertiary/aromatic N) is 3. The van der Waals surface area contributed by atoms with E-state index < -0.39 is 39.8 Å². The smallest absolute Gasteiger partial charge is 0.416 e. The highest BCUT2D eigenvalue weighted by Crippen LogP contribution is 2.35. The molecule has 0 atom stereocenters. The van der Waals surface area contributed by atoms with Gasteiger partial charge in [-0.05, 0) is 37.3 Å². The number of rotatable bonds is 6. The van der Waals surface area contributed by atoms with Gasteiger partial charge in [-0.1, -0.05) is 11.6 Å². The fourth-order valence-electron chi connectivity index (χ4n) is 2.13. The van der Waals surface area contributed by atoms with Gasteiger partial charge in [-0.25, -0.2) is 4.79 Å². The van der Waals surface area contributed by atoms with Crippen LogP contribution in [0.25, 0.3) is 5.76 Å². The monoisotopic (exact) mass is 443 g/mol. The predicted octanol–water partition coefficient (Wildman–Crippen LogP) is 5.84. The van der Waals surface area contributed by atoms with Crippen LogP contribution in [-0.2, 0) is 15.7 Å². The summed E-state index contributed by atoms with van der Waals surface area (Å²) in [4.78, 5) is 22.2. The van der Waals surface area contributed by atoms with Gasteiger partial charge in [0.05, 0.1) is 22.1 Å². The first-order chi connectivity index (χ1) is 14.0. The Morgan fingerprint density at radius 2 is 1.87 bits per heavy atom. The molecule has 2 rings (SSSR count). The van der Waals surface area contributed by atoms with Crippen LogP contribution < -0.4 is 0 Å². The van der Waals surface area contributed by atoms with Gasteiger partial charge in [-0.2, -0.15) is 13.2 Å². The first kappa shape index (κ1) is 22.8. The van der Waals surface area contributed by atoms with E-state index in [-0.39, 0.29) is 22.9 Å². The number of halogens is 4. The Bertz CT molecular complexity index is 1020. The summed E-state index contributed by atoms with van der Waals surface area (Å²) in [5, 5.41) is 28.0. The molecular formula is C18H13ClF3N3O5. The Balaban J connectivity index is 2.51. The van der Waals surface area contributed by atoms with E-state index in [0.29, 0.717) is 6.07 Å². The SMILES string of the molecule is CCOC(=O)/C(N=Nc1cc(C(F)(F)F)ccc1Cl)=C(/O)c1ccc([N+](=O)[O-])cc1. The van der Waals surface area contributed by atoms with Crippen molar-refractivity contribution in [2.24, 2.45) is 10.2 Å². The molecule has 0 saturated carbocycles. The lowest BCUT2D eigenvalue weighted by atomic mass is 10.1. The molecule has 2 aromatic carbocycles. The molecule has 0 spiro atoms. The second-order valence-corrected chi connectivity index (χ2v) is 5.99. The molecule has 0 heterocycles. The van der Waals surface area contributed by atoms with Crippen LogP contribution in [0, 0.1) is 10.1 Å². The molecule has 1 N–H and O–H groups in total. The van der Waals surface area contributed by atoms with Crippen molar-refractivity contribution in [3.63, 3.8) is 0 Å². The van der Waals surface area contributed by atoms with E-state index in [9.17, 15) is 33.2 Å². The lowest BCUT2D eigenvalue weighted by molar-refractivity contribution is -0.384. The van der Waals surface area contributed by atoms with Gasteiger partial charge in [-0.15, -0.1) is 10.2 Å². The Morgan fingerprint density at radius 1 is 1.23 bits per heavy atom. The minimum atomic E-state index is -4.66. The number of azo groups is 1. The number of nitro benzene ring substituents is 1. The number of hydrogen-bond acceptors (Lipinski definition) is 7. The molecule has 2 aromatic rings. The van der Waals surface area contributed by atoms with Crippen LogP contribution in [-0.4, -0.2) is 22.6 Å². The van der Waals surface area contributed by atoms with E-state index in [1.807, 2.05) is 0 Å². The molecule has 0 aromatic heterocycles. The Kier molecular flexibility index (Phi) is 7.11. The van der Waals surface area contributed by atoms with Gasteiger partial charge in [0, 0.05) is 17.7 Å². The molecule has 8 nitrogen and oxygen atoms in total. The quantitative estimate of drug-likeness (QED) is 0.150. The van der Waals surface area contributed by atoms with E-state index in [2.05, 4.69) is 10.2 Å². The minimum absolute atomic E-state index is 0.0299. The number of hydrogen-bond donors (Lipinski definition) is 1. The Morgan fingerprint density at radius 3 is 2.40 bits per heavy atom. The molecule has 12 heteroatoms. The summed E-state index contributed by atoms with van der Waals surface area (Å²) in [6, 6.07) is 6.79. The highest BCUT2D eigenvalue weighted by atomic mass is 35.5. The van der Waals surface area contributed by atoms with Gasteiger partial charge in [0.15, 0.2) is 5.76 Å². The number of esters is 1. The van der Waals surface area contributed by atoms with Gasteiger partial charge >= 0.3 is 12.1 Å². The zero-order chi connectivity index (χ0) is 22.5. The third kappa shape index (κ3) is 5.54. The lowest BCUT2D eigenvalue weighted by Crippen LogP contribution is -2.08. The number of alkyl halides is 3. The van der Waals surface area contributed by atoms with Gasteiger partial charge in [0.25, 0.3) is 5.69 Å². The minimum Gasteiger partial charge on any atom is -0.505 e. The topological polar surface area (TPSA) is 114 Å². The normalized spacial score (nSPS) is 12.6. The fourth-order valence-corrected chi connectivity index (χ4v) is 2.29. The van der Waals surface area contributed by atoms with Crippen LogP contribution in [0.15, 0.2) is 58.4 Å². The van der Waals surface area contributed by atoms with Crippen LogP contribution in [0.4, 0.5) is 24.5 Å². The summed E-state index contributed by atoms with van der Waals surface area (Å²) >= 11 is 5.83. The highest BCUT2D eigenvalue weighted by molar-refractivity contribution is 6.33. The van der Waals surface area contributed by atoms with Crippen molar-refractivity contribution in [1.82, 2.24) is 0 Å². The second kappa shape index (κ2) is 9.35. The van der Waals surface area contributed by atoms with Crippen molar-refractivity contribution >= 4 is 34.7 Å². The molecule has 0 aliphatic rings. The average molecular weight is 444 g/mol. The average Bonchev–Trinajstić information content (AvgIpc) is 2.68. The van der Waals surface area contributed by atoms with Crippen LogP contribution in [0.1, 0.15) is 18.1 Å². The van der Waals surface area contributed by atoms with Gasteiger partial charge in [0.2, 0.25) is 5.70 Å². The fraction of sp³-hybridized carbons (Fsp3) is 0.167. The summed E-state index contributed by atoms with van der Waals surface area (Å²) in [5.74, 6) is -1.85. The zero-order valence-corrected chi connectivity index (χ0v) is 15.9. The largest absolute Gasteiger partial charge is 0.505 e. The van der Waals surface area contributed by atoms with E-state index in [1.165, 1.54) is 6.92 Å². The summed E-state index contributed by atoms with van der Waals surface area (Å²) < 4.78 is 43.4. The number of carbonyl (C=O) groups is 1. The first-order valence-electron chi connectivity index (χ1n) is 8.18. The standard InChI is InChI=1S/C18H13ClF3N3O5/c1-2-30-17(27)15(16(26)10-3-6-12(7-4-10)25(28)29)24-23-14-9-11(18(20,21)22)5-8-13(14)19/h3-9,26H,2H2,1H3/b16-15-,24-23?. The van der Waals surface area contributed by atoms with Crippen LogP contribution >= 0.6 is 11.6 Å². The first-order valence-corrected chi connectivity index (χ1v) is 8.56. The molecule has 0 fully saturated rings. The molecule has 0 aliphatic heterocycles. The summed E-state index contributed by atoms with van der Waals surface area (Å²) in [6.45, 7) is 1.40. The van der Waals surface area contributed by atoms with Gasteiger partial charge < -0.3 is 9.84 Å². The number of ether oxygens (including phenoxy) is 1. The Hall–Kier alpha value is -3.47. The number of aliphatic hydroxyl groups excluding tert-OH is 1. The number of aliphatic hydroxyl groups is 1. The van der Waals surface area contributed by atoms with Crippen molar-refractivity contribution < 1.29 is 32.7 Å². The van der Waals surface area contributed by atoms with Gasteiger partial charge in [-0.3, -0.25) is 10.1 Å². The molecular weight excluding hydrogens is 431 g/mol. The molecule has 0 amide bonds.